The summed E-state index contributed by atoms with van der Waals surface area (Å²) >= 11 is 5.47. The molecule has 0 saturated carbocycles. The summed E-state index contributed by atoms with van der Waals surface area (Å²) < 4.78 is 12.9. The molecule has 3 heteroatoms. The SMILES string of the molecule is Fc1ccccc1NCCCCl. The highest BCUT2D eigenvalue weighted by molar-refractivity contribution is 6.17. The van der Waals surface area contributed by atoms with Gasteiger partial charge in [0, 0.05) is 12.4 Å². The molecule has 0 bridgehead atoms. The highest BCUT2D eigenvalue weighted by atomic mass is 35.5. The van der Waals surface area contributed by atoms with Crippen LogP contribution in [0.2, 0.25) is 0 Å². The molecule has 0 heterocycles. The summed E-state index contributed by atoms with van der Waals surface area (Å²) in [6, 6.07) is 6.61. The lowest BCUT2D eigenvalue weighted by atomic mass is 10.3. The molecular formula is C9H11ClFN. The molecule has 0 saturated heterocycles. The molecule has 1 N–H and O–H groups in total. The standard InChI is InChI=1S/C9H11ClFN/c10-6-3-7-12-9-5-2-1-4-8(9)11/h1-2,4-5,12H,3,6-7H2. The number of alkyl halides is 1. The monoisotopic (exact) mass is 187 g/mol. The molecule has 0 aliphatic rings. The van der Waals surface area contributed by atoms with Crippen molar-refractivity contribution in [2.45, 2.75) is 6.42 Å². The van der Waals surface area contributed by atoms with Crippen LogP contribution >= 0.6 is 11.6 Å². The molecule has 0 unspecified atom stereocenters. The Kier molecular flexibility index (Phi) is 3.88. The third-order valence-electron chi connectivity index (χ3n) is 1.50. The summed E-state index contributed by atoms with van der Waals surface area (Å²) in [5.74, 6) is 0.383. The Bertz CT molecular complexity index is 240. The predicted octanol–water partition coefficient (Wildman–Crippen LogP) is 2.87. The van der Waals surface area contributed by atoms with Gasteiger partial charge in [-0.2, -0.15) is 0 Å². The first-order chi connectivity index (χ1) is 5.84. The summed E-state index contributed by atoms with van der Waals surface area (Å²) in [6.07, 6.45) is 0.843. The molecule has 0 radical (unpaired) electrons. The van der Waals surface area contributed by atoms with Gasteiger partial charge < -0.3 is 5.32 Å². The molecule has 12 heavy (non-hydrogen) atoms. The largest absolute Gasteiger partial charge is 0.383 e. The van der Waals surface area contributed by atoms with Crippen molar-refractivity contribution in [2.24, 2.45) is 0 Å². The molecule has 0 aliphatic heterocycles. The second kappa shape index (κ2) is 4.99. The van der Waals surface area contributed by atoms with E-state index in [0.717, 1.165) is 6.42 Å². The van der Waals surface area contributed by atoms with E-state index in [4.69, 9.17) is 11.6 Å². The molecule has 1 aromatic carbocycles. The summed E-state index contributed by atoms with van der Waals surface area (Å²) in [6.45, 7) is 0.713. The molecule has 0 fully saturated rings. The van der Waals surface area contributed by atoms with Gasteiger partial charge in [0.15, 0.2) is 0 Å². The minimum atomic E-state index is -0.216. The Morgan fingerprint density at radius 3 is 2.75 bits per heavy atom. The zero-order chi connectivity index (χ0) is 8.81. The van der Waals surface area contributed by atoms with Gasteiger partial charge in [-0.05, 0) is 18.6 Å². The molecule has 66 valence electrons. The predicted molar refractivity (Wildman–Crippen MR) is 50.2 cm³/mol. The van der Waals surface area contributed by atoms with Gasteiger partial charge in [-0.1, -0.05) is 12.1 Å². The zero-order valence-electron chi connectivity index (χ0n) is 6.69. The maximum absolute atomic E-state index is 12.9. The van der Waals surface area contributed by atoms with Gasteiger partial charge in [-0.25, -0.2) is 4.39 Å². The van der Waals surface area contributed by atoms with Crippen molar-refractivity contribution in [1.29, 1.82) is 0 Å². The summed E-state index contributed by atoms with van der Waals surface area (Å²) in [7, 11) is 0. The molecule has 0 spiro atoms. The zero-order valence-corrected chi connectivity index (χ0v) is 7.44. The van der Waals surface area contributed by atoms with E-state index in [0.29, 0.717) is 18.1 Å². The third kappa shape index (κ3) is 2.70. The van der Waals surface area contributed by atoms with E-state index >= 15 is 0 Å². The van der Waals surface area contributed by atoms with Crippen LogP contribution in [-0.4, -0.2) is 12.4 Å². The van der Waals surface area contributed by atoms with Crippen molar-refractivity contribution in [3.8, 4) is 0 Å². The molecule has 1 nitrogen and oxygen atoms in total. The number of benzene rings is 1. The van der Waals surface area contributed by atoms with Crippen molar-refractivity contribution < 1.29 is 4.39 Å². The second-order valence-corrected chi connectivity index (χ2v) is 2.83. The smallest absolute Gasteiger partial charge is 0.146 e. The molecule has 0 amide bonds. The van der Waals surface area contributed by atoms with Crippen molar-refractivity contribution in [1.82, 2.24) is 0 Å². The third-order valence-corrected chi connectivity index (χ3v) is 1.77. The van der Waals surface area contributed by atoms with Gasteiger partial charge in [-0.15, -0.1) is 11.6 Å². The van der Waals surface area contributed by atoms with E-state index in [1.54, 1.807) is 18.2 Å². The van der Waals surface area contributed by atoms with E-state index in [9.17, 15) is 4.39 Å². The summed E-state index contributed by atoms with van der Waals surface area (Å²) in [5, 5.41) is 2.95. The Morgan fingerprint density at radius 2 is 2.08 bits per heavy atom. The fourth-order valence-electron chi connectivity index (χ4n) is 0.894. The van der Waals surface area contributed by atoms with Crippen molar-refractivity contribution in [3.63, 3.8) is 0 Å². The second-order valence-electron chi connectivity index (χ2n) is 2.45. The average molecular weight is 188 g/mol. The van der Waals surface area contributed by atoms with Gasteiger partial charge in [0.25, 0.3) is 0 Å². The lowest BCUT2D eigenvalue weighted by molar-refractivity contribution is 0.630. The van der Waals surface area contributed by atoms with E-state index < -0.39 is 0 Å². The lowest BCUT2D eigenvalue weighted by Gasteiger charge is -2.04. The number of hydrogen-bond acceptors (Lipinski definition) is 1. The molecule has 1 aromatic rings. The molecule has 0 aliphatic carbocycles. The summed E-state index contributed by atoms with van der Waals surface area (Å²) in [4.78, 5) is 0. The van der Waals surface area contributed by atoms with Gasteiger partial charge in [0.05, 0.1) is 5.69 Å². The van der Waals surface area contributed by atoms with E-state index in [1.165, 1.54) is 6.07 Å². The molecule has 0 atom stereocenters. The molecule has 0 aromatic heterocycles. The Labute approximate surface area is 76.5 Å². The van der Waals surface area contributed by atoms with Gasteiger partial charge in [0.1, 0.15) is 5.82 Å². The van der Waals surface area contributed by atoms with Crippen LogP contribution in [0.5, 0.6) is 0 Å². The van der Waals surface area contributed by atoms with E-state index in [2.05, 4.69) is 5.32 Å². The van der Waals surface area contributed by atoms with E-state index in [1.807, 2.05) is 0 Å². The number of rotatable bonds is 4. The number of para-hydroxylation sites is 1. The van der Waals surface area contributed by atoms with Gasteiger partial charge in [-0.3, -0.25) is 0 Å². The van der Waals surface area contributed by atoms with Crippen LogP contribution in [-0.2, 0) is 0 Å². The minimum Gasteiger partial charge on any atom is -0.383 e. The van der Waals surface area contributed by atoms with Crippen LogP contribution in [0.25, 0.3) is 0 Å². The first kappa shape index (κ1) is 9.33. The topological polar surface area (TPSA) is 12.0 Å². The number of halogens is 2. The maximum Gasteiger partial charge on any atom is 0.146 e. The fraction of sp³-hybridized carbons (Fsp3) is 0.333. The maximum atomic E-state index is 12.9. The average Bonchev–Trinajstić information content (AvgIpc) is 2.09. The van der Waals surface area contributed by atoms with Gasteiger partial charge in [0.2, 0.25) is 0 Å². The number of hydrogen-bond donors (Lipinski definition) is 1. The van der Waals surface area contributed by atoms with Crippen molar-refractivity contribution >= 4 is 17.3 Å². The highest BCUT2D eigenvalue weighted by Gasteiger charge is 1.97. The van der Waals surface area contributed by atoms with Crippen molar-refractivity contribution in [3.05, 3.63) is 30.1 Å². The summed E-state index contributed by atoms with van der Waals surface area (Å²) in [5.41, 5.74) is 0.544. The van der Waals surface area contributed by atoms with Crippen LogP contribution in [0.1, 0.15) is 6.42 Å². The molecule has 1 rings (SSSR count). The normalized spacial score (nSPS) is 9.83. The highest BCUT2D eigenvalue weighted by Crippen LogP contribution is 2.11. The minimum absolute atomic E-state index is 0.216. The quantitative estimate of drug-likeness (QED) is 0.565. The van der Waals surface area contributed by atoms with Gasteiger partial charge >= 0.3 is 0 Å². The van der Waals surface area contributed by atoms with Crippen LogP contribution in [0, 0.1) is 5.82 Å². The van der Waals surface area contributed by atoms with Crippen LogP contribution in [0.15, 0.2) is 24.3 Å². The Morgan fingerprint density at radius 1 is 1.33 bits per heavy atom. The van der Waals surface area contributed by atoms with Crippen LogP contribution < -0.4 is 5.32 Å². The lowest BCUT2D eigenvalue weighted by Crippen LogP contribution is -2.03. The first-order valence-corrected chi connectivity index (χ1v) is 4.42. The van der Waals surface area contributed by atoms with Crippen LogP contribution in [0.3, 0.4) is 0 Å². The Hall–Kier alpha value is -0.760. The Balaban J connectivity index is 2.46. The number of anilines is 1. The fourth-order valence-corrected chi connectivity index (χ4v) is 1.03. The number of nitrogens with one attached hydrogen (secondary N) is 1. The first-order valence-electron chi connectivity index (χ1n) is 3.89. The van der Waals surface area contributed by atoms with Crippen LogP contribution in [0.4, 0.5) is 10.1 Å². The molecular weight excluding hydrogens is 177 g/mol. The van der Waals surface area contributed by atoms with E-state index in [-0.39, 0.29) is 5.82 Å². The van der Waals surface area contributed by atoms with Crippen molar-refractivity contribution in [2.75, 3.05) is 17.7 Å².